The van der Waals surface area contributed by atoms with E-state index in [1.54, 1.807) is 0 Å². The van der Waals surface area contributed by atoms with Crippen molar-refractivity contribution in [2.24, 2.45) is 0 Å². The molecule has 1 heterocycles. The predicted molar refractivity (Wildman–Crippen MR) is 45.6 cm³/mol. The van der Waals surface area contributed by atoms with Gasteiger partial charge < -0.3 is 4.42 Å². The third kappa shape index (κ3) is 4.14. The Balaban J connectivity index is 2.45. The molecule has 0 aliphatic heterocycles. The molecular weight excluding hydrogens is 211 g/mol. The van der Waals surface area contributed by atoms with E-state index in [1.165, 1.54) is 6.20 Å². The molecule has 1 rings (SSSR count). The number of nitrogens with zero attached hydrogens (tertiary/aromatic N) is 1. The zero-order valence-electron chi connectivity index (χ0n) is 8.04. The fourth-order valence-corrected chi connectivity index (χ4v) is 1.11. The Morgan fingerprint density at radius 2 is 2.33 bits per heavy atom. The highest BCUT2D eigenvalue weighted by atomic mass is 19.3. The molecule has 1 aromatic rings. The maximum atomic E-state index is 13.0. The van der Waals surface area contributed by atoms with Gasteiger partial charge in [0.25, 0.3) is 5.89 Å². The van der Waals surface area contributed by atoms with Crippen molar-refractivity contribution in [2.45, 2.75) is 31.9 Å². The van der Waals surface area contributed by atoms with Gasteiger partial charge in [0.1, 0.15) is 12.4 Å². The van der Waals surface area contributed by atoms with Crippen LogP contribution >= 0.6 is 0 Å². The molecule has 0 radical (unpaired) electrons. The Labute approximate surface area is 84.3 Å². The Morgan fingerprint density at radius 1 is 1.67 bits per heavy atom. The van der Waals surface area contributed by atoms with Crippen LogP contribution in [0.25, 0.3) is 0 Å². The molecule has 0 amide bonds. The first-order valence-electron chi connectivity index (χ1n) is 4.33. The number of rotatable bonds is 5. The average Bonchev–Trinajstić information content (AvgIpc) is 2.50. The number of alkyl halides is 3. The van der Waals surface area contributed by atoms with E-state index >= 15 is 0 Å². The first-order chi connectivity index (χ1) is 6.88. The summed E-state index contributed by atoms with van der Waals surface area (Å²) in [6, 6.07) is 0. The minimum atomic E-state index is -3.11. The highest BCUT2D eigenvalue weighted by Gasteiger charge is 2.29. The standard InChI is InChI=1S/C9H10F3NO2/c1-9(11,12)5-6(10)4-7(14)8-13-2-3-15-8/h2-3,6H,4-5H2,1H3. The quantitative estimate of drug-likeness (QED) is 0.718. The van der Waals surface area contributed by atoms with E-state index in [4.69, 9.17) is 0 Å². The summed E-state index contributed by atoms with van der Waals surface area (Å²) in [6.07, 6.45) is -1.10. The molecule has 0 aliphatic rings. The van der Waals surface area contributed by atoms with Crippen LogP contribution in [0.3, 0.4) is 0 Å². The Morgan fingerprint density at radius 3 is 2.80 bits per heavy atom. The molecule has 3 nitrogen and oxygen atoms in total. The minimum absolute atomic E-state index is 0.253. The fourth-order valence-electron chi connectivity index (χ4n) is 1.11. The smallest absolute Gasteiger partial charge is 0.263 e. The number of hydrogen-bond acceptors (Lipinski definition) is 3. The summed E-state index contributed by atoms with van der Waals surface area (Å²) in [5, 5.41) is 0. The van der Waals surface area contributed by atoms with Gasteiger partial charge in [-0.3, -0.25) is 4.79 Å². The molecule has 0 N–H and O–H groups in total. The van der Waals surface area contributed by atoms with Gasteiger partial charge >= 0.3 is 0 Å². The van der Waals surface area contributed by atoms with Crippen LogP contribution in [-0.2, 0) is 0 Å². The van der Waals surface area contributed by atoms with Crippen molar-refractivity contribution in [3.8, 4) is 0 Å². The van der Waals surface area contributed by atoms with Crippen molar-refractivity contribution in [3.63, 3.8) is 0 Å². The van der Waals surface area contributed by atoms with Crippen LogP contribution in [0.2, 0.25) is 0 Å². The van der Waals surface area contributed by atoms with Crippen LogP contribution in [0.5, 0.6) is 0 Å². The maximum Gasteiger partial charge on any atom is 0.263 e. The fraction of sp³-hybridized carbons (Fsp3) is 0.556. The third-order valence-corrected chi connectivity index (χ3v) is 1.66. The molecular formula is C9H10F3NO2. The number of oxazole rings is 1. The van der Waals surface area contributed by atoms with Crippen LogP contribution in [0.15, 0.2) is 16.9 Å². The third-order valence-electron chi connectivity index (χ3n) is 1.66. The minimum Gasteiger partial charge on any atom is -0.442 e. The van der Waals surface area contributed by atoms with Crippen molar-refractivity contribution in [2.75, 3.05) is 0 Å². The van der Waals surface area contributed by atoms with Crippen LogP contribution in [-0.4, -0.2) is 22.9 Å². The van der Waals surface area contributed by atoms with Crippen LogP contribution in [0.1, 0.15) is 30.5 Å². The van der Waals surface area contributed by atoms with Gasteiger partial charge in [0.2, 0.25) is 11.7 Å². The zero-order chi connectivity index (χ0) is 11.5. The number of carbonyl (C=O) groups is 1. The van der Waals surface area contributed by atoms with E-state index < -0.39 is 30.7 Å². The number of aromatic nitrogens is 1. The molecule has 1 atom stereocenters. The van der Waals surface area contributed by atoms with Crippen LogP contribution in [0, 0.1) is 0 Å². The van der Waals surface area contributed by atoms with E-state index in [-0.39, 0.29) is 5.89 Å². The summed E-state index contributed by atoms with van der Waals surface area (Å²) in [7, 11) is 0. The highest BCUT2D eigenvalue weighted by molar-refractivity contribution is 5.91. The SMILES string of the molecule is CC(F)(F)CC(F)CC(=O)c1ncco1. The number of Topliss-reactive ketones (excluding diaryl/α,β-unsaturated/α-hetero) is 1. The number of halogens is 3. The summed E-state index contributed by atoms with van der Waals surface area (Å²) < 4.78 is 42.3. The predicted octanol–water partition coefficient (Wildman–Crippen LogP) is 2.63. The molecule has 6 heteroatoms. The molecule has 0 saturated heterocycles. The van der Waals surface area contributed by atoms with Gasteiger partial charge in [0.05, 0.1) is 6.20 Å². The molecule has 0 bridgehead atoms. The van der Waals surface area contributed by atoms with E-state index in [0.29, 0.717) is 6.92 Å². The van der Waals surface area contributed by atoms with Gasteiger partial charge in [-0.15, -0.1) is 0 Å². The molecule has 15 heavy (non-hydrogen) atoms. The lowest BCUT2D eigenvalue weighted by atomic mass is 10.1. The van der Waals surface area contributed by atoms with E-state index in [9.17, 15) is 18.0 Å². The molecule has 1 aromatic heterocycles. The van der Waals surface area contributed by atoms with Crippen LogP contribution < -0.4 is 0 Å². The second-order valence-electron chi connectivity index (χ2n) is 3.34. The summed E-state index contributed by atoms with van der Waals surface area (Å²) in [6.45, 7) is 0.606. The monoisotopic (exact) mass is 221 g/mol. The number of carbonyl (C=O) groups excluding carboxylic acids is 1. The van der Waals surface area contributed by atoms with Crippen molar-refractivity contribution in [1.29, 1.82) is 0 Å². The lowest BCUT2D eigenvalue weighted by molar-refractivity contribution is -0.00978. The summed E-state index contributed by atoms with van der Waals surface area (Å²) in [5.74, 6) is -4.08. The second-order valence-corrected chi connectivity index (χ2v) is 3.34. The largest absolute Gasteiger partial charge is 0.442 e. The Kier molecular flexibility index (Phi) is 3.49. The van der Waals surface area contributed by atoms with E-state index in [0.717, 1.165) is 6.26 Å². The normalized spacial score (nSPS) is 13.9. The first-order valence-corrected chi connectivity index (χ1v) is 4.33. The molecule has 0 aliphatic carbocycles. The number of ketones is 1. The molecule has 0 saturated carbocycles. The molecule has 84 valence electrons. The Hall–Kier alpha value is -1.33. The maximum absolute atomic E-state index is 13.0. The highest BCUT2D eigenvalue weighted by Crippen LogP contribution is 2.22. The van der Waals surface area contributed by atoms with E-state index in [1.807, 2.05) is 0 Å². The lowest BCUT2D eigenvalue weighted by Gasteiger charge is -2.12. The van der Waals surface area contributed by atoms with Crippen molar-refractivity contribution >= 4 is 5.78 Å². The van der Waals surface area contributed by atoms with Gasteiger partial charge in [-0.25, -0.2) is 18.2 Å². The molecule has 1 unspecified atom stereocenters. The zero-order valence-corrected chi connectivity index (χ0v) is 8.04. The second kappa shape index (κ2) is 4.46. The molecule has 0 fully saturated rings. The summed E-state index contributed by atoms with van der Waals surface area (Å²) in [4.78, 5) is 14.7. The van der Waals surface area contributed by atoms with Crippen molar-refractivity contribution < 1.29 is 22.4 Å². The summed E-state index contributed by atoms with van der Waals surface area (Å²) >= 11 is 0. The van der Waals surface area contributed by atoms with Gasteiger partial charge in [-0.05, 0) is 6.92 Å². The average molecular weight is 221 g/mol. The Bertz CT molecular complexity index is 319. The van der Waals surface area contributed by atoms with Gasteiger partial charge in [-0.1, -0.05) is 0 Å². The molecule has 0 aromatic carbocycles. The van der Waals surface area contributed by atoms with Crippen LogP contribution in [0.4, 0.5) is 13.2 Å². The molecule has 0 spiro atoms. The summed E-state index contributed by atoms with van der Waals surface area (Å²) in [5.41, 5.74) is 0. The first kappa shape index (κ1) is 11.7. The topological polar surface area (TPSA) is 43.1 Å². The van der Waals surface area contributed by atoms with Gasteiger partial charge in [-0.2, -0.15) is 0 Å². The van der Waals surface area contributed by atoms with Gasteiger partial charge in [0, 0.05) is 12.8 Å². The van der Waals surface area contributed by atoms with Crippen molar-refractivity contribution in [3.05, 3.63) is 18.4 Å². The van der Waals surface area contributed by atoms with Gasteiger partial charge in [0.15, 0.2) is 0 Å². The van der Waals surface area contributed by atoms with Crippen molar-refractivity contribution in [1.82, 2.24) is 4.98 Å². The lowest BCUT2D eigenvalue weighted by Crippen LogP contribution is -2.20. The van der Waals surface area contributed by atoms with E-state index in [2.05, 4.69) is 9.40 Å². The number of hydrogen-bond donors (Lipinski definition) is 0.